The molecule has 2 aromatic carbocycles. The Balaban J connectivity index is 1.35. The van der Waals surface area contributed by atoms with Gasteiger partial charge >= 0.3 is 0 Å². The van der Waals surface area contributed by atoms with Crippen LogP contribution in [0.15, 0.2) is 48.5 Å². The molecule has 1 unspecified atom stereocenters. The fourth-order valence-corrected chi connectivity index (χ4v) is 3.65. The van der Waals surface area contributed by atoms with Gasteiger partial charge in [-0.25, -0.2) is 0 Å². The van der Waals surface area contributed by atoms with E-state index in [0.717, 1.165) is 11.3 Å². The standard InChI is InChI=1S/C20H19ClN2O3/c21-16-6-3-5-15(12-16)19(24)22-8-10-23(11-9-22)20(25)18-13-14-4-1-2-7-17(14)26-18/h1-7,12,18H,8-11,13H2. The largest absolute Gasteiger partial charge is 0.480 e. The third kappa shape index (κ3) is 3.27. The molecule has 0 radical (unpaired) electrons. The highest BCUT2D eigenvalue weighted by atomic mass is 35.5. The van der Waals surface area contributed by atoms with Crippen LogP contribution in [-0.2, 0) is 11.2 Å². The molecule has 1 fully saturated rings. The molecule has 0 saturated carbocycles. The van der Waals surface area contributed by atoms with Crippen LogP contribution in [-0.4, -0.2) is 53.9 Å². The van der Waals surface area contributed by atoms with Gasteiger partial charge in [-0.15, -0.1) is 0 Å². The lowest BCUT2D eigenvalue weighted by Gasteiger charge is -2.35. The number of amides is 2. The first-order valence-corrected chi connectivity index (χ1v) is 9.08. The minimum Gasteiger partial charge on any atom is -0.480 e. The smallest absolute Gasteiger partial charge is 0.264 e. The number of carbonyl (C=O) groups is 2. The minimum atomic E-state index is -0.456. The SMILES string of the molecule is O=C(c1cccc(Cl)c1)N1CCN(C(=O)C2Cc3ccccc3O2)CC1. The highest BCUT2D eigenvalue weighted by Crippen LogP contribution is 2.29. The van der Waals surface area contributed by atoms with Gasteiger partial charge in [0.05, 0.1) is 0 Å². The monoisotopic (exact) mass is 370 g/mol. The van der Waals surface area contributed by atoms with Gasteiger partial charge in [0.1, 0.15) is 5.75 Å². The van der Waals surface area contributed by atoms with Crippen molar-refractivity contribution in [2.24, 2.45) is 0 Å². The van der Waals surface area contributed by atoms with Gasteiger partial charge < -0.3 is 14.5 Å². The fraction of sp³-hybridized carbons (Fsp3) is 0.300. The average Bonchev–Trinajstić information content (AvgIpc) is 3.11. The van der Waals surface area contributed by atoms with Crippen LogP contribution in [0.25, 0.3) is 0 Å². The van der Waals surface area contributed by atoms with E-state index < -0.39 is 6.10 Å². The molecular weight excluding hydrogens is 352 g/mol. The molecule has 0 spiro atoms. The average molecular weight is 371 g/mol. The van der Waals surface area contributed by atoms with Gasteiger partial charge in [-0.2, -0.15) is 0 Å². The number of benzene rings is 2. The van der Waals surface area contributed by atoms with E-state index in [1.807, 2.05) is 24.3 Å². The molecule has 1 atom stereocenters. The van der Waals surface area contributed by atoms with Crippen molar-refractivity contribution in [3.8, 4) is 5.75 Å². The maximum atomic E-state index is 12.7. The summed E-state index contributed by atoms with van der Waals surface area (Å²) < 4.78 is 5.79. The molecule has 5 nitrogen and oxygen atoms in total. The number of fused-ring (bicyclic) bond motifs is 1. The molecule has 0 bridgehead atoms. The second kappa shape index (κ2) is 7.00. The number of halogens is 1. The molecule has 0 N–H and O–H groups in total. The summed E-state index contributed by atoms with van der Waals surface area (Å²) >= 11 is 5.97. The number of ether oxygens (including phenoxy) is 1. The summed E-state index contributed by atoms with van der Waals surface area (Å²) in [5.74, 6) is 0.737. The molecule has 2 aromatic rings. The summed E-state index contributed by atoms with van der Waals surface area (Å²) in [6, 6.07) is 14.7. The minimum absolute atomic E-state index is 0.00365. The molecule has 134 valence electrons. The van der Waals surface area contributed by atoms with Crippen molar-refractivity contribution in [2.75, 3.05) is 26.2 Å². The van der Waals surface area contributed by atoms with E-state index in [-0.39, 0.29) is 11.8 Å². The molecule has 2 aliphatic heterocycles. The van der Waals surface area contributed by atoms with Gasteiger partial charge in [0.15, 0.2) is 6.10 Å². The lowest BCUT2D eigenvalue weighted by molar-refractivity contribution is -0.139. The second-order valence-corrected chi connectivity index (χ2v) is 6.98. The Bertz CT molecular complexity index is 821. The lowest BCUT2D eigenvalue weighted by Crippen LogP contribution is -2.53. The second-order valence-electron chi connectivity index (χ2n) is 6.55. The van der Waals surface area contributed by atoms with Crippen LogP contribution in [0.1, 0.15) is 15.9 Å². The number of para-hydroxylation sites is 1. The first-order valence-electron chi connectivity index (χ1n) is 8.70. The van der Waals surface area contributed by atoms with Crippen molar-refractivity contribution in [3.05, 3.63) is 64.7 Å². The normalized spacial score (nSPS) is 19.0. The molecule has 0 aliphatic carbocycles. The number of carbonyl (C=O) groups excluding carboxylic acids is 2. The zero-order valence-electron chi connectivity index (χ0n) is 14.2. The van der Waals surface area contributed by atoms with E-state index in [9.17, 15) is 9.59 Å². The summed E-state index contributed by atoms with van der Waals surface area (Å²) in [7, 11) is 0. The van der Waals surface area contributed by atoms with E-state index in [1.54, 1.807) is 34.1 Å². The van der Waals surface area contributed by atoms with Crippen molar-refractivity contribution in [3.63, 3.8) is 0 Å². The van der Waals surface area contributed by atoms with Gasteiger partial charge in [0, 0.05) is 43.2 Å². The molecule has 0 aromatic heterocycles. The molecular formula is C20H19ClN2O3. The van der Waals surface area contributed by atoms with Gasteiger partial charge in [-0.05, 0) is 29.8 Å². The maximum absolute atomic E-state index is 12.7. The summed E-state index contributed by atoms with van der Waals surface area (Å²) in [6.07, 6.45) is 0.152. The van der Waals surface area contributed by atoms with Crippen LogP contribution in [0.5, 0.6) is 5.75 Å². The van der Waals surface area contributed by atoms with Crippen LogP contribution in [0.3, 0.4) is 0 Å². The molecule has 2 amide bonds. The number of nitrogens with zero attached hydrogens (tertiary/aromatic N) is 2. The van der Waals surface area contributed by atoms with Crippen molar-refractivity contribution in [1.82, 2.24) is 9.80 Å². The Labute approximate surface area is 157 Å². The zero-order chi connectivity index (χ0) is 18.1. The number of hydrogen-bond donors (Lipinski definition) is 0. The lowest BCUT2D eigenvalue weighted by atomic mass is 10.1. The number of hydrogen-bond acceptors (Lipinski definition) is 3. The van der Waals surface area contributed by atoms with Crippen molar-refractivity contribution in [2.45, 2.75) is 12.5 Å². The zero-order valence-corrected chi connectivity index (χ0v) is 15.0. The number of piperazine rings is 1. The van der Waals surface area contributed by atoms with Crippen LogP contribution < -0.4 is 4.74 Å². The van der Waals surface area contributed by atoms with E-state index in [0.29, 0.717) is 43.2 Å². The summed E-state index contributed by atoms with van der Waals surface area (Å²) in [5, 5.41) is 0.544. The Hall–Kier alpha value is -2.53. The summed E-state index contributed by atoms with van der Waals surface area (Å²) in [4.78, 5) is 28.9. The van der Waals surface area contributed by atoms with E-state index in [1.165, 1.54) is 0 Å². The predicted molar refractivity (Wildman–Crippen MR) is 98.5 cm³/mol. The fourth-order valence-electron chi connectivity index (χ4n) is 3.46. The van der Waals surface area contributed by atoms with Crippen molar-refractivity contribution >= 4 is 23.4 Å². The quantitative estimate of drug-likeness (QED) is 0.816. The van der Waals surface area contributed by atoms with Crippen molar-refractivity contribution in [1.29, 1.82) is 0 Å². The Kier molecular flexibility index (Phi) is 4.55. The highest BCUT2D eigenvalue weighted by molar-refractivity contribution is 6.30. The van der Waals surface area contributed by atoms with E-state index >= 15 is 0 Å². The maximum Gasteiger partial charge on any atom is 0.264 e. The Morgan fingerprint density at radius 3 is 2.42 bits per heavy atom. The van der Waals surface area contributed by atoms with Crippen LogP contribution >= 0.6 is 11.6 Å². The van der Waals surface area contributed by atoms with Crippen LogP contribution in [0, 0.1) is 0 Å². The third-order valence-corrected chi connectivity index (χ3v) is 5.11. The molecule has 1 saturated heterocycles. The summed E-state index contributed by atoms with van der Waals surface area (Å²) in [6.45, 7) is 2.05. The highest BCUT2D eigenvalue weighted by Gasteiger charge is 2.34. The van der Waals surface area contributed by atoms with Crippen molar-refractivity contribution < 1.29 is 14.3 Å². The van der Waals surface area contributed by atoms with Gasteiger partial charge in [-0.1, -0.05) is 35.9 Å². The molecule has 2 heterocycles. The van der Waals surface area contributed by atoms with Crippen LogP contribution in [0.2, 0.25) is 5.02 Å². The molecule has 6 heteroatoms. The Morgan fingerprint density at radius 2 is 1.69 bits per heavy atom. The predicted octanol–water partition coefficient (Wildman–Crippen LogP) is 2.63. The molecule has 2 aliphatic rings. The Morgan fingerprint density at radius 1 is 0.962 bits per heavy atom. The molecule has 26 heavy (non-hydrogen) atoms. The van der Waals surface area contributed by atoms with Crippen LogP contribution in [0.4, 0.5) is 0 Å². The first-order chi connectivity index (χ1) is 12.6. The van der Waals surface area contributed by atoms with Gasteiger partial charge in [-0.3, -0.25) is 9.59 Å². The topological polar surface area (TPSA) is 49.9 Å². The van der Waals surface area contributed by atoms with Gasteiger partial charge in [0.25, 0.3) is 11.8 Å². The summed E-state index contributed by atoms with van der Waals surface area (Å²) in [5.41, 5.74) is 1.65. The third-order valence-electron chi connectivity index (χ3n) is 4.87. The van der Waals surface area contributed by atoms with E-state index in [4.69, 9.17) is 16.3 Å². The first kappa shape index (κ1) is 16.9. The molecule has 4 rings (SSSR count). The van der Waals surface area contributed by atoms with E-state index in [2.05, 4.69) is 0 Å². The number of rotatable bonds is 2. The van der Waals surface area contributed by atoms with Gasteiger partial charge in [0.2, 0.25) is 0 Å².